The van der Waals surface area contributed by atoms with Crippen molar-refractivity contribution in [3.8, 4) is 0 Å². The standard InChI is InChI=1S/C11H26N2O3S/c1-11(2)16-9-10-17(14,15)13-8-6-4-3-5-7-12/h11,13H,3-10,12H2,1-2H3. The van der Waals surface area contributed by atoms with E-state index < -0.39 is 10.0 Å². The Balaban J connectivity index is 3.51. The molecular weight excluding hydrogens is 240 g/mol. The summed E-state index contributed by atoms with van der Waals surface area (Å²) in [7, 11) is -3.17. The quantitative estimate of drug-likeness (QED) is 0.543. The monoisotopic (exact) mass is 266 g/mol. The Labute approximate surface area is 105 Å². The summed E-state index contributed by atoms with van der Waals surface area (Å²) in [4.78, 5) is 0. The average molecular weight is 266 g/mol. The molecule has 0 saturated heterocycles. The highest BCUT2D eigenvalue weighted by Crippen LogP contribution is 1.98. The van der Waals surface area contributed by atoms with E-state index in [9.17, 15) is 8.42 Å². The van der Waals surface area contributed by atoms with E-state index in [-0.39, 0.29) is 18.5 Å². The molecule has 6 heteroatoms. The first-order valence-corrected chi connectivity index (χ1v) is 7.92. The molecule has 0 atom stereocenters. The van der Waals surface area contributed by atoms with Crippen molar-refractivity contribution in [1.82, 2.24) is 4.72 Å². The molecule has 0 amide bonds. The molecule has 3 N–H and O–H groups in total. The lowest BCUT2D eigenvalue weighted by molar-refractivity contribution is 0.0911. The Morgan fingerprint density at radius 3 is 2.41 bits per heavy atom. The van der Waals surface area contributed by atoms with Gasteiger partial charge in [0, 0.05) is 6.54 Å². The van der Waals surface area contributed by atoms with Crippen molar-refractivity contribution >= 4 is 10.0 Å². The zero-order chi connectivity index (χ0) is 13.1. The van der Waals surface area contributed by atoms with E-state index in [2.05, 4.69) is 4.72 Å². The number of hydrogen-bond donors (Lipinski definition) is 2. The largest absolute Gasteiger partial charge is 0.378 e. The second-order valence-corrected chi connectivity index (χ2v) is 6.26. The maximum absolute atomic E-state index is 11.5. The summed E-state index contributed by atoms with van der Waals surface area (Å²) in [5, 5.41) is 0. The third-order valence-corrected chi connectivity index (χ3v) is 3.60. The summed E-state index contributed by atoms with van der Waals surface area (Å²) in [5.74, 6) is 0.0357. The lowest BCUT2D eigenvalue weighted by atomic mass is 10.2. The van der Waals surface area contributed by atoms with E-state index in [1.165, 1.54) is 0 Å². The number of sulfonamides is 1. The van der Waals surface area contributed by atoms with Gasteiger partial charge in [0.25, 0.3) is 0 Å². The number of hydrogen-bond acceptors (Lipinski definition) is 4. The summed E-state index contributed by atoms with van der Waals surface area (Å²) in [6.45, 7) is 5.24. The lowest BCUT2D eigenvalue weighted by Gasteiger charge is -2.09. The van der Waals surface area contributed by atoms with Crippen molar-refractivity contribution in [2.24, 2.45) is 5.73 Å². The topological polar surface area (TPSA) is 81.4 Å². The van der Waals surface area contributed by atoms with E-state index >= 15 is 0 Å². The highest BCUT2D eigenvalue weighted by atomic mass is 32.2. The minimum absolute atomic E-state index is 0.0357. The van der Waals surface area contributed by atoms with Gasteiger partial charge in [-0.3, -0.25) is 0 Å². The molecule has 0 aromatic carbocycles. The van der Waals surface area contributed by atoms with E-state index in [0.717, 1.165) is 25.7 Å². The Morgan fingerprint density at radius 2 is 1.82 bits per heavy atom. The SMILES string of the molecule is CC(C)OCCS(=O)(=O)NCCCCCCN. The number of rotatable bonds is 11. The molecule has 0 aliphatic rings. The molecular formula is C11H26N2O3S. The van der Waals surface area contributed by atoms with E-state index in [1.807, 2.05) is 13.8 Å². The molecule has 17 heavy (non-hydrogen) atoms. The van der Waals surface area contributed by atoms with E-state index in [0.29, 0.717) is 13.1 Å². The van der Waals surface area contributed by atoms with Gasteiger partial charge < -0.3 is 10.5 Å². The second kappa shape index (κ2) is 9.82. The van der Waals surface area contributed by atoms with Gasteiger partial charge in [-0.25, -0.2) is 13.1 Å². The number of unbranched alkanes of at least 4 members (excludes halogenated alkanes) is 3. The van der Waals surface area contributed by atoms with Gasteiger partial charge in [0.05, 0.1) is 18.5 Å². The Morgan fingerprint density at radius 1 is 1.18 bits per heavy atom. The Hall–Kier alpha value is -0.170. The van der Waals surface area contributed by atoms with Crippen molar-refractivity contribution in [1.29, 1.82) is 0 Å². The number of nitrogens with two attached hydrogens (primary N) is 1. The average Bonchev–Trinajstić information content (AvgIpc) is 2.22. The van der Waals surface area contributed by atoms with Crippen molar-refractivity contribution in [2.45, 2.75) is 45.6 Å². The maximum Gasteiger partial charge on any atom is 0.213 e. The third-order valence-electron chi connectivity index (χ3n) is 2.26. The molecule has 0 aliphatic carbocycles. The van der Waals surface area contributed by atoms with Crippen LogP contribution in [0.2, 0.25) is 0 Å². The smallest absolute Gasteiger partial charge is 0.213 e. The van der Waals surface area contributed by atoms with Crippen LogP contribution in [-0.2, 0) is 14.8 Å². The lowest BCUT2D eigenvalue weighted by Crippen LogP contribution is -2.29. The van der Waals surface area contributed by atoms with Crippen molar-refractivity contribution in [2.75, 3.05) is 25.4 Å². The van der Waals surface area contributed by atoms with Gasteiger partial charge in [-0.05, 0) is 33.2 Å². The molecule has 0 saturated carbocycles. The molecule has 0 spiro atoms. The number of nitrogens with one attached hydrogen (secondary N) is 1. The summed E-state index contributed by atoms with van der Waals surface area (Å²) < 4.78 is 30.8. The molecule has 0 heterocycles. The Kier molecular flexibility index (Phi) is 9.72. The van der Waals surface area contributed by atoms with Crippen LogP contribution in [0, 0.1) is 0 Å². The fourth-order valence-electron chi connectivity index (χ4n) is 1.32. The molecule has 0 bridgehead atoms. The van der Waals surface area contributed by atoms with Gasteiger partial charge in [-0.1, -0.05) is 12.8 Å². The fraction of sp³-hybridized carbons (Fsp3) is 1.00. The fourth-order valence-corrected chi connectivity index (χ4v) is 2.23. The second-order valence-electron chi connectivity index (χ2n) is 4.34. The normalized spacial score (nSPS) is 12.2. The predicted octanol–water partition coefficient (Wildman–Crippen LogP) is 0.850. The van der Waals surface area contributed by atoms with Crippen LogP contribution in [0.3, 0.4) is 0 Å². The zero-order valence-electron chi connectivity index (χ0n) is 10.9. The first-order chi connectivity index (χ1) is 7.98. The molecule has 104 valence electrons. The van der Waals surface area contributed by atoms with Crippen LogP contribution in [0.25, 0.3) is 0 Å². The van der Waals surface area contributed by atoms with E-state index in [1.54, 1.807) is 0 Å². The number of ether oxygens (including phenoxy) is 1. The summed E-state index contributed by atoms with van der Waals surface area (Å²) in [6, 6.07) is 0. The van der Waals surface area contributed by atoms with Crippen LogP contribution >= 0.6 is 0 Å². The van der Waals surface area contributed by atoms with Crippen LogP contribution in [0.4, 0.5) is 0 Å². The van der Waals surface area contributed by atoms with Gasteiger partial charge in [0.1, 0.15) is 0 Å². The van der Waals surface area contributed by atoms with E-state index in [4.69, 9.17) is 10.5 Å². The molecule has 0 radical (unpaired) electrons. The minimum atomic E-state index is -3.17. The highest BCUT2D eigenvalue weighted by Gasteiger charge is 2.09. The van der Waals surface area contributed by atoms with Gasteiger partial charge in [-0.15, -0.1) is 0 Å². The van der Waals surface area contributed by atoms with Crippen LogP contribution < -0.4 is 10.5 Å². The van der Waals surface area contributed by atoms with Gasteiger partial charge in [-0.2, -0.15) is 0 Å². The van der Waals surface area contributed by atoms with Crippen LogP contribution in [0.15, 0.2) is 0 Å². The summed E-state index contributed by atoms with van der Waals surface area (Å²) in [6.07, 6.45) is 4.03. The van der Waals surface area contributed by atoms with Gasteiger partial charge in [0.2, 0.25) is 10.0 Å². The first-order valence-electron chi connectivity index (χ1n) is 6.27. The summed E-state index contributed by atoms with van der Waals surface area (Å²) in [5.41, 5.74) is 5.37. The molecule has 0 fully saturated rings. The molecule has 0 rings (SSSR count). The molecule has 0 aromatic rings. The molecule has 0 aliphatic heterocycles. The van der Waals surface area contributed by atoms with Gasteiger partial charge >= 0.3 is 0 Å². The van der Waals surface area contributed by atoms with Gasteiger partial charge in [0.15, 0.2) is 0 Å². The maximum atomic E-state index is 11.5. The molecule has 0 unspecified atom stereocenters. The molecule has 5 nitrogen and oxygen atoms in total. The minimum Gasteiger partial charge on any atom is -0.378 e. The van der Waals surface area contributed by atoms with Crippen LogP contribution in [0.5, 0.6) is 0 Å². The zero-order valence-corrected chi connectivity index (χ0v) is 11.8. The first kappa shape index (κ1) is 16.8. The predicted molar refractivity (Wildman–Crippen MR) is 70.4 cm³/mol. The van der Waals surface area contributed by atoms with Crippen molar-refractivity contribution in [3.05, 3.63) is 0 Å². The van der Waals surface area contributed by atoms with Crippen LogP contribution in [-0.4, -0.2) is 40.0 Å². The molecule has 0 aromatic heterocycles. The van der Waals surface area contributed by atoms with Crippen LogP contribution in [0.1, 0.15) is 39.5 Å². The highest BCUT2D eigenvalue weighted by molar-refractivity contribution is 7.89. The van der Waals surface area contributed by atoms with Crippen molar-refractivity contribution < 1.29 is 13.2 Å². The Bertz CT molecular complexity index is 266. The third kappa shape index (κ3) is 12.1. The summed E-state index contributed by atoms with van der Waals surface area (Å²) >= 11 is 0. The van der Waals surface area contributed by atoms with Crippen molar-refractivity contribution in [3.63, 3.8) is 0 Å².